The van der Waals surface area contributed by atoms with Gasteiger partial charge in [0, 0.05) is 19.4 Å². The maximum absolute atomic E-state index is 12.8. The average Bonchev–Trinajstić information content (AvgIpc) is 3.30. The second-order valence-electron chi connectivity index (χ2n) is 7.06. The number of aryl methyl sites for hydroxylation is 3. The monoisotopic (exact) mass is 403 g/mol. The fraction of sp³-hybridized carbons (Fsp3) is 0.200. The Morgan fingerprint density at radius 2 is 2.03 bits per heavy atom. The highest BCUT2D eigenvalue weighted by molar-refractivity contribution is 5.97. The first-order chi connectivity index (χ1) is 14.5. The zero-order valence-corrected chi connectivity index (χ0v) is 16.5. The standard InChI is InChI=1S/C20H17N7O3/c1-11-5-6-14-13(9-11)18(28)25(3)20-23-22-15(27(14)20)10-30-19(29)16-12(2)24-26-8-4-7-21-17(16)26/h4-9H,10H2,1-3H3. The van der Waals surface area contributed by atoms with Gasteiger partial charge in [-0.2, -0.15) is 5.10 Å². The van der Waals surface area contributed by atoms with Gasteiger partial charge in [0.25, 0.3) is 5.56 Å². The van der Waals surface area contributed by atoms with Gasteiger partial charge in [0.1, 0.15) is 5.56 Å². The number of esters is 1. The summed E-state index contributed by atoms with van der Waals surface area (Å²) in [6.07, 6.45) is 3.31. The number of hydrogen-bond acceptors (Lipinski definition) is 7. The predicted octanol–water partition coefficient (Wildman–Crippen LogP) is 1.60. The Hall–Kier alpha value is -4.08. The molecule has 0 aliphatic carbocycles. The van der Waals surface area contributed by atoms with Crippen LogP contribution < -0.4 is 5.56 Å². The van der Waals surface area contributed by atoms with Gasteiger partial charge in [0.15, 0.2) is 18.1 Å². The van der Waals surface area contributed by atoms with Crippen molar-refractivity contribution in [2.45, 2.75) is 20.5 Å². The first-order valence-electron chi connectivity index (χ1n) is 9.26. The zero-order chi connectivity index (χ0) is 21.0. The van der Waals surface area contributed by atoms with Crippen LogP contribution in [0.25, 0.3) is 22.3 Å². The van der Waals surface area contributed by atoms with Crippen LogP contribution in [-0.4, -0.2) is 39.7 Å². The average molecular weight is 403 g/mol. The highest BCUT2D eigenvalue weighted by Crippen LogP contribution is 2.18. The van der Waals surface area contributed by atoms with E-state index in [-0.39, 0.29) is 12.2 Å². The van der Waals surface area contributed by atoms with Crippen molar-refractivity contribution in [1.29, 1.82) is 0 Å². The molecule has 150 valence electrons. The minimum atomic E-state index is -0.553. The van der Waals surface area contributed by atoms with E-state index >= 15 is 0 Å². The van der Waals surface area contributed by atoms with Gasteiger partial charge in [-0.15, -0.1) is 10.2 Å². The van der Waals surface area contributed by atoms with Gasteiger partial charge < -0.3 is 4.74 Å². The van der Waals surface area contributed by atoms with E-state index in [1.165, 1.54) is 9.08 Å². The van der Waals surface area contributed by atoms with E-state index < -0.39 is 5.97 Å². The summed E-state index contributed by atoms with van der Waals surface area (Å²) in [5.41, 5.74) is 2.71. The van der Waals surface area contributed by atoms with E-state index in [1.807, 2.05) is 25.1 Å². The van der Waals surface area contributed by atoms with E-state index in [0.29, 0.717) is 39.4 Å². The number of nitrogens with zero attached hydrogens (tertiary/aromatic N) is 7. The number of carbonyl (C=O) groups is 1. The summed E-state index contributed by atoms with van der Waals surface area (Å²) in [6.45, 7) is 3.53. The third-order valence-corrected chi connectivity index (χ3v) is 5.05. The Kier molecular flexibility index (Phi) is 3.88. The fourth-order valence-electron chi connectivity index (χ4n) is 3.59. The molecule has 0 spiro atoms. The lowest BCUT2D eigenvalue weighted by Crippen LogP contribution is -2.20. The Labute approximate surface area is 169 Å². The quantitative estimate of drug-likeness (QED) is 0.421. The molecule has 30 heavy (non-hydrogen) atoms. The van der Waals surface area contributed by atoms with Crippen LogP contribution >= 0.6 is 0 Å². The summed E-state index contributed by atoms with van der Waals surface area (Å²) < 4.78 is 10.2. The van der Waals surface area contributed by atoms with Crippen molar-refractivity contribution in [2.75, 3.05) is 0 Å². The van der Waals surface area contributed by atoms with Crippen LogP contribution in [0.5, 0.6) is 0 Å². The van der Waals surface area contributed by atoms with Crippen molar-refractivity contribution >= 4 is 28.3 Å². The van der Waals surface area contributed by atoms with Gasteiger partial charge in [0.2, 0.25) is 5.78 Å². The van der Waals surface area contributed by atoms with Crippen LogP contribution in [0.1, 0.15) is 27.4 Å². The van der Waals surface area contributed by atoms with Crippen molar-refractivity contribution in [3.63, 3.8) is 0 Å². The van der Waals surface area contributed by atoms with Crippen LogP contribution in [0.2, 0.25) is 0 Å². The third-order valence-electron chi connectivity index (χ3n) is 5.05. The van der Waals surface area contributed by atoms with E-state index in [1.54, 1.807) is 36.8 Å². The molecule has 5 aromatic rings. The lowest BCUT2D eigenvalue weighted by atomic mass is 10.1. The molecule has 0 aliphatic heterocycles. The SMILES string of the molecule is Cc1ccc2c(c1)c(=O)n(C)c1nnc(COC(=O)c3c(C)nn4cccnc34)n21. The van der Waals surface area contributed by atoms with Gasteiger partial charge in [-0.25, -0.2) is 14.3 Å². The second kappa shape index (κ2) is 6.48. The first-order valence-corrected chi connectivity index (χ1v) is 9.26. The molecule has 0 saturated heterocycles. The van der Waals surface area contributed by atoms with Gasteiger partial charge in [-0.05, 0) is 32.0 Å². The molecule has 10 nitrogen and oxygen atoms in total. The lowest BCUT2D eigenvalue weighted by molar-refractivity contribution is 0.0462. The topological polar surface area (TPSA) is 109 Å². The molecule has 0 amide bonds. The fourth-order valence-corrected chi connectivity index (χ4v) is 3.59. The summed E-state index contributed by atoms with van der Waals surface area (Å²) in [5.74, 6) is 0.226. The maximum atomic E-state index is 12.8. The van der Waals surface area contributed by atoms with Crippen molar-refractivity contribution in [1.82, 2.24) is 33.8 Å². The Morgan fingerprint density at radius 3 is 2.87 bits per heavy atom. The summed E-state index contributed by atoms with van der Waals surface area (Å²) in [4.78, 5) is 29.7. The largest absolute Gasteiger partial charge is 0.454 e. The molecule has 10 heteroatoms. The second-order valence-corrected chi connectivity index (χ2v) is 7.06. The molecular formula is C20H17N7O3. The van der Waals surface area contributed by atoms with Gasteiger partial charge >= 0.3 is 5.97 Å². The number of hydrogen-bond donors (Lipinski definition) is 0. The first kappa shape index (κ1) is 18.0. The summed E-state index contributed by atoms with van der Waals surface area (Å²) >= 11 is 0. The molecule has 0 aliphatic rings. The zero-order valence-electron chi connectivity index (χ0n) is 16.5. The van der Waals surface area contributed by atoms with E-state index in [9.17, 15) is 9.59 Å². The normalized spacial score (nSPS) is 11.6. The summed E-state index contributed by atoms with van der Waals surface area (Å²) in [6, 6.07) is 7.30. The minimum absolute atomic E-state index is 0.120. The van der Waals surface area contributed by atoms with Crippen molar-refractivity contribution in [2.24, 2.45) is 7.05 Å². The van der Waals surface area contributed by atoms with Crippen molar-refractivity contribution < 1.29 is 9.53 Å². The highest BCUT2D eigenvalue weighted by Gasteiger charge is 2.21. The van der Waals surface area contributed by atoms with E-state index in [2.05, 4.69) is 20.3 Å². The van der Waals surface area contributed by atoms with Gasteiger partial charge in [0.05, 0.1) is 16.6 Å². The summed E-state index contributed by atoms with van der Waals surface area (Å²) in [5, 5.41) is 13.1. The van der Waals surface area contributed by atoms with Crippen molar-refractivity contribution in [3.8, 4) is 0 Å². The van der Waals surface area contributed by atoms with Crippen LogP contribution in [0, 0.1) is 13.8 Å². The maximum Gasteiger partial charge on any atom is 0.344 e. The van der Waals surface area contributed by atoms with Crippen molar-refractivity contribution in [3.05, 3.63) is 69.7 Å². The minimum Gasteiger partial charge on any atom is -0.454 e. The lowest BCUT2D eigenvalue weighted by Gasteiger charge is -2.09. The molecule has 0 atom stereocenters. The van der Waals surface area contributed by atoms with Crippen LogP contribution in [-0.2, 0) is 18.4 Å². The number of aromatic nitrogens is 7. The molecule has 5 rings (SSSR count). The molecule has 0 saturated carbocycles. The number of rotatable bonds is 3. The molecule has 0 radical (unpaired) electrons. The number of benzene rings is 1. The summed E-state index contributed by atoms with van der Waals surface area (Å²) in [7, 11) is 1.64. The molecule has 4 heterocycles. The number of carbonyl (C=O) groups excluding carboxylic acids is 1. The highest BCUT2D eigenvalue weighted by atomic mass is 16.5. The molecule has 0 N–H and O–H groups in total. The van der Waals surface area contributed by atoms with Gasteiger partial charge in [-0.1, -0.05) is 11.6 Å². The van der Waals surface area contributed by atoms with Crippen LogP contribution in [0.15, 0.2) is 41.5 Å². The van der Waals surface area contributed by atoms with Crippen LogP contribution in [0.3, 0.4) is 0 Å². The number of ether oxygens (including phenoxy) is 1. The van der Waals surface area contributed by atoms with E-state index in [0.717, 1.165) is 5.56 Å². The Balaban J connectivity index is 1.56. The van der Waals surface area contributed by atoms with Gasteiger partial charge in [-0.3, -0.25) is 13.8 Å². The molecule has 0 unspecified atom stereocenters. The molecular weight excluding hydrogens is 386 g/mol. The van der Waals surface area contributed by atoms with Crippen LogP contribution in [0.4, 0.5) is 0 Å². The molecule has 0 bridgehead atoms. The number of fused-ring (bicyclic) bond motifs is 4. The molecule has 4 aromatic heterocycles. The third kappa shape index (κ3) is 2.57. The Bertz CT molecular complexity index is 1530. The molecule has 1 aromatic carbocycles. The predicted molar refractivity (Wildman–Crippen MR) is 107 cm³/mol. The Morgan fingerprint density at radius 1 is 1.20 bits per heavy atom. The molecule has 0 fully saturated rings. The smallest absolute Gasteiger partial charge is 0.344 e. The van der Waals surface area contributed by atoms with E-state index in [4.69, 9.17) is 4.74 Å².